The maximum Gasteiger partial charge on any atom is 0.303 e. The number of carboxylic acid groups (broad SMARTS) is 1. The Morgan fingerprint density at radius 2 is 1.97 bits per heavy atom. The zero-order valence-corrected chi connectivity index (χ0v) is 18.5. The number of hydrogen-bond donors (Lipinski definition) is 1. The fraction of sp³-hybridized carbons (Fsp3) is 0.750. The monoisotopic (exact) mass is 408 g/mol. The molecule has 0 aromatic carbocycles. The summed E-state index contributed by atoms with van der Waals surface area (Å²) in [4.78, 5) is 23.2. The molecule has 0 spiro atoms. The van der Waals surface area contributed by atoms with Crippen LogP contribution in [0.25, 0.3) is 0 Å². The maximum atomic E-state index is 12.6. The molecule has 4 atom stereocenters. The number of carbonyl (C=O) groups excluding carboxylic acids is 1. The minimum Gasteiger partial charge on any atom is -0.481 e. The lowest BCUT2D eigenvalue weighted by molar-refractivity contribution is -0.137. The summed E-state index contributed by atoms with van der Waals surface area (Å²) in [5.74, 6) is -0.513. The van der Waals surface area contributed by atoms with Gasteiger partial charge in [-0.15, -0.1) is 0 Å². The van der Waals surface area contributed by atoms with E-state index in [9.17, 15) is 9.59 Å². The average molecular weight is 409 g/mol. The molecule has 5 heteroatoms. The third-order valence-electron chi connectivity index (χ3n) is 5.43. The van der Waals surface area contributed by atoms with Crippen LogP contribution < -0.4 is 0 Å². The Morgan fingerprint density at radius 3 is 2.62 bits per heavy atom. The Labute approximate surface area is 176 Å². The summed E-state index contributed by atoms with van der Waals surface area (Å²) >= 11 is 0. The Kier molecular flexibility index (Phi) is 13.6. The van der Waals surface area contributed by atoms with Crippen molar-refractivity contribution in [2.75, 3.05) is 13.2 Å². The second-order valence-corrected chi connectivity index (χ2v) is 7.72. The largest absolute Gasteiger partial charge is 0.481 e. The molecular formula is C24H40O5. The lowest BCUT2D eigenvalue weighted by atomic mass is 9.90. The summed E-state index contributed by atoms with van der Waals surface area (Å²) in [5.41, 5.74) is 0. The second-order valence-electron chi connectivity index (χ2n) is 7.72. The van der Waals surface area contributed by atoms with Crippen molar-refractivity contribution in [2.24, 2.45) is 11.8 Å². The van der Waals surface area contributed by atoms with Crippen molar-refractivity contribution < 1.29 is 24.2 Å². The zero-order chi connectivity index (χ0) is 21.5. The number of aliphatic carboxylic acids is 1. The summed E-state index contributed by atoms with van der Waals surface area (Å²) in [7, 11) is 0. The van der Waals surface area contributed by atoms with E-state index in [0.717, 1.165) is 19.3 Å². The van der Waals surface area contributed by atoms with Gasteiger partial charge in [0, 0.05) is 37.9 Å². The molecule has 0 aromatic heterocycles. The van der Waals surface area contributed by atoms with Crippen LogP contribution in [0.15, 0.2) is 24.3 Å². The summed E-state index contributed by atoms with van der Waals surface area (Å²) in [6.45, 7) is 7.46. The number of allylic oxidation sites excluding steroid dienone is 2. The molecule has 1 aliphatic carbocycles. The molecular weight excluding hydrogens is 368 g/mol. The molecule has 0 heterocycles. The van der Waals surface area contributed by atoms with Gasteiger partial charge >= 0.3 is 5.97 Å². The predicted molar refractivity (Wildman–Crippen MR) is 116 cm³/mol. The van der Waals surface area contributed by atoms with Gasteiger partial charge in [-0.05, 0) is 39.5 Å². The maximum absolute atomic E-state index is 12.6. The Hall–Kier alpha value is -1.46. The second kappa shape index (κ2) is 15.4. The topological polar surface area (TPSA) is 72.8 Å². The molecule has 1 rings (SSSR count). The number of ketones is 1. The Morgan fingerprint density at radius 1 is 1.17 bits per heavy atom. The lowest BCUT2D eigenvalue weighted by Gasteiger charge is -2.21. The molecule has 0 bridgehead atoms. The van der Waals surface area contributed by atoms with Crippen molar-refractivity contribution in [3.05, 3.63) is 24.3 Å². The number of ether oxygens (including phenoxy) is 2. The molecule has 166 valence electrons. The van der Waals surface area contributed by atoms with Gasteiger partial charge in [-0.25, -0.2) is 0 Å². The molecule has 0 radical (unpaired) electrons. The van der Waals surface area contributed by atoms with Gasteiger partial charge in [-0.1, -0.05) is 50.5 Å². The van der Waals surface area contributed by atoms with E-state index in [1.54, 1.807) is 0 Å². The normalized spacial score (nSPS) is 23.4. The van der Waals surface area contributed by atoms with Crippen molar-refractivity contribution in [2.45, 2.75) is 90.8 Å². The van der Waals surface area contributed by atoms with Crippen LogP contribution in [0.4, 0.5) is 0 Å². The van der Waals surface area contributed by atoms with Crippen LogP contribution in [0.1, 0.15) is 78.6 Å². The molecule has 29 heavy (non-hydrogen) atoms. The number of carboxylic acids is 1. The zero-order valence-electron chi connectivity index (χ0n) is 18.5. The summed E-state index contributed by atoms with van der Waals surface area (Å²) in [6, 6.07) is 0. The van der Waals surface area contributed by atoms with E-state index in [-0.39, 0.29) is 36.2 Å². The fourth-order valence-electron chi connectivity index (χ4n) is 3.92. The van der Waals surface area contributed by atoms with Gasteiger partial charge in [0.15, 0.2) is 0 Å². The van der Waals surface area contributed by atoms with Crippen LogP contribution >= 0.6 is 0 Å². The van der Waals surface area contributed by atoms with Crippen LogP contribution in [-0.2, 0) is 19.1 Å². The SMILES string of the molecule is CCCCCC(C=C[C@H]1C(OCC)CC(=O)[C@@H]1CC=CCCCC(=O)O)OCC. The van der Waals surface area contributed by atoms with Crippen LogP contribution in [0.3, 0.4) is 0 Å². The number of unbranched alkanes of at least 4 members (excludes halogenated alkanes) is 3. The van der Waals surface area contributed by atoms with E-state index >= 15 is 0 Å². The number of Topliss-reactive ketones (excluding diaryl/α,β-unsaturated/α-hetero) is 1. The van der Waals surface area contributed by atoms with E-state index < -0.39 is 5.97 Å². The molecule has 0 aliphatic heterocycles. The van der Waals surface area contributed by atoms with Crippen LogP contribution in [0.2, 0.25) is 0 Å². The van der Waals surface area contributed by atoms with E-state index in [0.29, 0.717) is 32.5 Å². The molecule has 0 aromatic rings. The van der Waals surface area contributed by atoms with Gasteiger partial charge in [0.2, 0.25) is 0 Å². The van der Waals surface area contributed by atoms with Crippen LogP contribution in [-0.4, -0.2) is 42.3 Å². The first kappa shape index (κ1) is 25.6. The minimum absolute atomic E-state index is 0.0629. The van der Waals surface area contributed by atoms with Gasteiger partial charge in [0.05, 0.1) is 12.2 Å². The molecule has 0 amide bonds. The smallest absolute Gasteiger partial charge is 0.303 e. The Balaban J connectivity index is 2.72. The first-order chi connectivity index (χ1) is 14.0. The van der Waals surface area contributed by atoms with Crippen molar-refractivity contribution >= 4 is 11.8 Å². The first-order valence-corrected chi connectivity index (χ1v) is 11.3. The fourth-order valence-corrected chi connectivity index (χ4v) is 3.92. The van der Waals surface area contributed by atoms with E-state index in [1.165, 1.54) is 12.8 Å². The molecule has 1 fully saturated rings. The standard InChI is InChI=1S/C24H40O5/c1-4-7-10-13-19(28-5-2)16-17-21-20(22(25)18-23(21)29-6-3)14-11-8-9-12-15-24(26)27/h8,11,16-17,19-21,23H,4-7,9-10,12-15,18H2,1-3H3,(H,26,27)/t19?,20-,21-,23?/m1/s1. The summed E-state index contributed by atoms with van der Waals surface area (Å²) in [6.07, 6.45) is 15.6. The molecule has 1 aliphatic rings. The van der Waals surface area contributed by atoms with Gasteiger partial charge in [-0.3, -0.25) is 9.59 Å². The predicted octanol–water partition coefficient (Wildman–Crippen LogP) is 5.34. The third kappa shape index (κ3) is 10.2. The van der Waals surface area contributed by atoms with Crippen molar-refractivity contribution in [1.29, 1.82) is 0 Å². The Bertz CT molecular complexity index is 525. The molecule has 0 saturated heterocycles. The average Bonchev–Trinajstić information content (AvgIpc) is 2.97. The van der Waals surface area contributed by atoms with E-state index in [1.807, 2.05) is 26.0 Å². The van der Waals surface area contributed by atoms with Crippen molar-refractivity contribution in [1.82, 2.24) is 0 Å². The third-order valence-corrected chi connectivity index (χ3v) is 5.43. The van der Waals surface area contributed by atoms with Gasteiger partial charge in [0.1, 0.15) is 5.78 Å². The van der Waals surface area contributed by atoms with Gasteiger partial charge < -0.3 is 14.6 Å². The highest BCUT2D eigenvalue weighted by molar-refractivity contribution is 5.85. The highest BCUT2D eigenvalue weighted by atomic mass is 16.5. The summed E-state index contributed by atoms with van der Waals surface area (Å²) in [5, 5.41) is 8.70. The first-order valence-electron chi connectivity index (χ1n) is 11.3. The number of rotatable bonds is 16. The van der Waals surface area contributed by atoms with E-state index in [2.05, 4.69) is 19.1 Å². The van der Waals surface area contributed by atoms with Crippen LogP contribution in [0, 0.1) is 11.8 Å². The van der Waals surface area contributed by atoms with Crippen LogP contribution in [0.5, 0.6) is 0 Å². The highest BCUT2D eigenvalue weighted by Gasteiger charge is 2.40. The molecule has 5 nitrogen and oxygen atoms in total. The quantitative estimate of drug-likeness (QED) is 0.276. The van der Waals surface area contributed by atoms with Gasteiger partial charge in [-0.2, -0.15) is 0 Å². The molecule has 1 saturated carbocycles. The van der Waals surface area contributed by atoms with Crippen molar-refractivity contribution in [3.63, 3.8) is 0 Å². The highest BCUT2D eigenvalue weighted by Crippen LogP contribution is 2.35. The lowest BCUT2D eigenvalue weighted by Crippen LogP contribution is -2.22. The number of hydrogen-bond acceptors (Lipinski definition) is 4. The molecule has 1 N–H and O–H groups in total. The minimum atomic E-state index is -0.767. The molecule has 2 unspecified atom stereocenters. The van der Waals surface area contributed by atoms with E-state index in [4.69, 9.17) is 14.6 Å². The number of carbonyl (C=O) groups is 2. The van der Waals surface area contributed by atoms with Crippen molar-refractivity contribution in [3.8, 4) is 0 Å². The van der Waals surface area contributed by atoms with Gasteiger partial charge in [0.25, 0.3) is 0 Å². The summed E-state index contributed by atoms with van der Waals surface area (Å²) < 4.78 is 11.8.